The number of piperidine rings is 1. The van der Waals surface area contributed by atoms with Crippen molar-refractivity contribution in [3.63, 3.8) is 0 Å². The maximum Gasteiger partial charge on any atom is 0.267 e. The van der Waals surface area contributed by atoms with Crippen LogP contribution in [0.5, 0.6) is 0 Å². The van der Waals surface area contributed by atoms with Crippen LogP contribution in [0.4, 0.5) is 0 Å². The number of nitrogens with one attached hydrogen (secondary N) is 3. The zero-order valence-electron chi connectivity index (χ0n) is 19.4. The van der Waals surface area contributed by atoms with E-state index < -0.39 is 0 Å². The molecule has 0 spiro atoms. The number of aromatic nitrogens is 2. The summed E-state index contributed by atoms with van der Waals surface area (Å²) in [7, 11) is 1.93. The lowest BCUT2D eigenvalue weighted by Gasteiger charge is -2.31. The lowest BCUT2D eigenvalue weighted by molar-refractivity contribution is 0.0947. The molecule has 4 rings (SSSR count). The highest BCUT2D eigenvalue weighted by Gasteiger charge is 2.45. The van der Waals surface area contributed by atoms with Gasteiger partial charge in [0.1, 0.15) is 18.0 Å². The molecule has 2 aliphatic heterocycles. The van der Waals surface area contributed by atoms with Crippen molar-refractivity contribution in [2.75, 3.05) is 33.2 Å². The number of hydrogen-bond acceptors (Lipinski definition) is 5. The second kappa shape index (κ2) is 11.1. The van der Waals surface area contributed by atoms with Crippen LogP contribution in [0.25, 0.3) is 0 Å². The topological polar surface area (TPSA) is 85.6 Å². The van der Waals surface area contributed by atoms with Crippen LogP contribution in [0, 0.1) is 12.8 Å². The smallest absolute Gasteiger partial charge is 0.267 e. The highest BCUT2D eigenvalue weighted by Crippen LogP contribution is 2.42. The monoisotopic (exact) mass is 439 g/mol. The molecule has 2 saturated heterocycles. The molecule has 4 heterocycles. The summed E-state index contributed by atoms with van der Waals surface area (Å²) in [4.78, 5) is 22.4. The number of unbranched alkanes of at least 4 members (excludes halogenated alkanes) is 1. The molecule has 0 saturated carbocycles. The third-order valence-corrected chi connectivity index (χ3v) is 6.70. The first-order chi connectivity index (χ1) is 15.6. The number of carbonyl (C=O) groups excluding carboxylic acids is 1. The summed E-state index contributed by atoms with van der Waals surface area (Å²) in [6.45, 7) is 5.89. The standard InChI is InChI=1S/C25H37N5O2/c1-18-6-7-20(17-28-18)23-25(32-23)30-15-11-19(12-16-30)5-3-4-13-27-24(31)22-9-8-21(29-22)10-14-26-2/h6-9,17,19,23,25-26,29H,3-5,10-16H2,1-2H3,(H,27,31). The fourth-order valence-corrected chi connectivity index (χ4v) is 4.60. The minimum Gasteiger partial charge on any atom is -0.354 e. The summed E-state index contributed by atoms with van der Waals surface area (Å²) in [6, 6.07) is 8.06. The van der Waals surface area contributed by atoms with Crippen LogP contribution >= 0.6 is 0 Å². The van der Waals surface area contributed by atoms with Crippen molar-refractivity contribution in [3.8, 4) is 0 Å². The van der Waals surface area contributed by atoms with Crippen LogP contribution in [0.15, 0.2) is 30.5 Å². The Bertz CT molecular complexity index is 857. The fourth-order valence-electron chi connectivity index (χ4n) is 4.60. The number of likely N-dealkylation sites (N-methyl/N-ethyl adjacent to an activating group) is 1. The van der Waals surface area contributed by atoms with Gasteiger partial charge in [-0.15, -0.1) is 0 Å². The first-order valence-corrected chi connectivity index (χ1v) is 12.1. The largest absolute Gasteiger partial charge is 0.354 e. The third kappa shape index (κ3) is 6.18. The number of carbonyl (C=O) groups is 1. The number of rotatable bonds is 11. The molecule has 0 radical (unpaired) electrons. The molecule has 0 aromatic carbocycles. The Hall–Kier alpha value is -2.22. The van der Waals surface area contributed by atoms with Gasteiger partial charge in [0.15, 0.2) is 0 Å². The summed E-state index contributed by atoms with van der Waals surface area (Å²) < 4.78 is 5.95. The quantitative estimate of drug-likeness (QED) is 0.370. The first kappa shape index (κ1) is 23.0. The summed E-state index contributed by atoms with van der Waals surface area (Å²) >= 11 is 0. The Kier molecular flexibility index (Phi) is 7.95. The predicted octanol–water partition coefficient (Wildman–Crippen LogP) is 3.19. The normalized spacial score (nSPS) is 21.6. The van der Waals surface area contributed by atoms with Gasteiger partial charge in [-0.05, 0) is 63.8 Å². The second-order valence-electron chi connectivity index (χ2n) is 9.16. The number of pyridine rings is 1. The van der Waals surface area contributed by atoms with Crippen LogP contribution in [-0.4, -0.2) is 60.2 Å². The van der Waals surface area contributed by atoms with E-state index in [-0.39, 0.29) is 18.2 Å². The Balaban J connectivity index is 1.07. The molecule has 2 unspecified atom stereocenters. The molecule has 2 atom stereocenters. The Labute approximate surface area is 191 Å². The SMILES string of the molecule is CNCCc1ccc(C(=O)NCCCCC2CCN(C3OC3c3ccc(C)nc3)CC2)[nH]1. The average Bonchev–Trinajstić information content (AvgIpc) is 3.47. The number of aromatic amines is 1. The minimum atomic E-state index is -0.00298. The number of likely N-dealkylation sites (tertiary alicyclic amines) is 1. The van der Waals surface area contributed by atoms with E-state index in [0.29, 0.717) is 5.69 Å². The van der Waals surface area contributed by atoms with E-state index in [1.165, 1.54) is 31.2 Å². The molecule has 174 valence electrons. The average molecular weight is 440 g/mol. The van der Waals surface area contributed by atoms with Crippen molar-refractivity contribution in [3.05, 3.63) is 53.1 Å². The molecule has 2 aliphatic rings. The van der Waals surface area contributed by atoms with Gasteiger partial charge in [-0.1, -0.05) is 18.9 Å². The minimum absolute atomic E-state index is 0.00298. The molecule has 3 N–H and O–H groups in total. The zero-order chi connectivity index (χ0) is 22.3. The third-order valence-electron chi connectivity index (χ3n) is 6.70. The molecular formula is C25H37N5O2. The molecule has 7 heteroatoms. The van der Waals surface area contributed by atoms with Crippen LogP contribution in [0.2, 0.25) is 0 Å². The summed E-state index contributed by atoms with van der Waals surface area (Å²) in [6.07, 6.45) is 9.21. The van der Waals surface area contributed by atoms with Gasteiger partial charge < -0.3 is 20.4 Å². The second-order valence-corrected chi connectivity index (χ2v) is 9.16. The summed E-state index contributed by atoms with van der Waals surface area (Å²) in [5.74, 6) is 0.787. The van der Waals surface area contributed by atoms with E-state index in [9.17, 15) is 4.79 Å². The number of hydrogen-bond donors (Lipinski definition) is 3. The van der Waals surface area contributed by atoms with E-state index in [0.717, 1.165) is 56.3 Å². The van der Waals surface area contributed by atoms with Crippen molar-refractivity contribution >= 4 is 5.91 Å². The van der Waals surface area contributed by atoms with Gasteiger partial charge in [0.25, 0.3) is 5.91 Å². The molecule has 2 aromatic heterocycles. The van der Waals surface area contributed by atoms with Crippen molar-refractivity contribution < 1.29 is 9.53 Å². The van der Waals surface area contributed by atoms with Gasteiger partial charge in [0, 0.05) is 49.3 Å². The number of ether oxygens (including phenoxy) is 1. The number of aryl methyl sites for hydroxylation is 1. The number of amides is 1. The van der Waals surface area contributed by atoms with Crippen molar-refractivity contribution in [2.45, 2.75) is 57.8 Å². The Morgan fingerprint density at radius 1 is 1.19 bits per heavy atom. The Morgan fingerprint density at radius 3 is 2.78 bits per heavy atom. The highest BCUT2D eigenvalue weighted by molar-refractivity contribution is 5.92. The summed E-state index contributed by atoms with van der Waals surface area (Å²) in [5, 5.41) is 6.16. The molecule has 0 bridgehead atoms. The molecular weight excluding hydrogens is 402 g/mol. The van der Waals surface area contributed by atoms with Crippen molar-refractivity contribution in [1.29, 1.82) is 0 Å². The highest BCUT2D eigenvalue weighted by atomic mass is 16.6. The van der Waals surface area contributed by atoms with Gasteiger partial charge in [-0.2, -0.15) is 0 Å². The number of epoxide rings is 1. The lowest BCUT2D eigenvalue weighted by atomic mass is 9.91. The molecule has 2 aromatic rings. The first-order valence-electron chi connectivity index (χ1n) is 12.1. The van der Waals surface area contributed by atoms with Crippen LogP contribution < -0.4 is 10.6 Å². The van der Waals surface area contributed by atoms with Crippen LogP contribution in [0.3, 0.4) is 0 Å². The summed E-state index contributed by atoms with van der Waals surface area (Å²) in [5.41, 5.74) is 3.99. The van der Waals surface area contributed by atoms with Crippen molar-refractivity contribution in [1.82, 2.24) is 25.5 Å². The zero-order valence-corrected chi connectivity index (χ0v) is 19.4. The van der Waals surface area contributed by atoms with Gasteiger partial charge in [-0.25, -0.2) is 0 Å². The van der Waals surface area contributed by atoms with E-state index in [2.05, 4.69) is 37.6 Å². The number of H-pyrrole nitrogens is 1. The van der Waals surface area contributed by atoms with Gasteiger partial charge >= 0.3 is 0 Å². The molecule has 1 amide bonds. The van der Waals surface area contributed by atoms with E-state index >= 15 is 0 Å². The van der Waals surface area contributed by atoms with Crippen molar-refractivity contribution in [2.24, 2.45) is 5.92 Å². The van der Waals surface area contributed by atoms with Gasteiger partial charge in [0.05, 0.1) is 0 Å². The van der Waals surface area contributed by atoms with E-state index in [4.69, 9.17) is 4.74 Å². The molecule has 7 nitrogen and oxygen atoms in total. The maximum atomic E-state index is 12.3. The van der Waals surface area contributed by atoms with E-state index in [1.807, 2.05) is 32.3 Å². The van der Waals surface area contributed by atoms with Gasteiger partial charge in [0.2, 0.25) is 0 Å². The Morgan fingerprint density at radius 2 is 2.03 bits per heavy atom. The molecule has 2 fully saturated rings. The number of nitrogens with zero attached hydrogens (tertiary/aromatic N) is 2. The predicted molar refractivity (Wildman–Crippen MR) is 125 cm³/mol. The molecule has 32 heavy (non-hydrogen) atoms. The molecule has 0 aliphatic carbocycles. The fraction of sp³-hybridized carbons (Fsp3) is 0.600. The van der Waals surface area contributed by atoms with E-state index in [1.54, 1.807) is 0 Å². The van der Waals surface area contributed by atoms with Crippen LogP contribution in [-0.2, 0) is 11.2 Å². The van der Waals surface area contributed by atoms with Gasteiger partial charge in [-0.3, -0.25) is 14.7 Å². The maximum absolute atomic E-state index is 12.3. The lowest BCUT2D eigenvalue weighted by Crippen LogP contribution is -2.36. The van der Waals surface area contributed by atoms with Crippen LogP contribution in [0.1, 0.15) is 65.6 Å².